The summed E-state index contributed by atoms with van der Waals surface area (Å²) in [6.45, 7) is 7.96. The molecular formula is C28H32BrN3O4S2. The summed E-state index contributed by atoms with van der Waals surface area (Å²) < 4.78 is 34.9. The summed E-state index contributed by atoms with van der Waals surface area (Å²) in [5.74, 6) is 0.290. The van der Waals surface area contributed by atoms with E-state index in [1.807, 2.05) is 32.9 Å². The van der Waals surface area contributed by atoms with Crippen LogP contribution in [0.15, 0.2) is 70.0 Å². The number of carbonyl (C=O) groups is 1. The van der Waals surface area contributed by atoms with E-state index < -0.39 is 10.0 Å². The first-order chi connectivity index (χ1) is 18.0. The van der Waals surface area contributed by atoms with Crippen LogP contribution in [0.5, 0.6) is 5.75 Å². The maximum atomic E-state index is 12.8. The second-order valence-corrected chi connectivity index (χ2v) is 12.0. The summed E-state index contributed by atoms with van der Waals surface area (Å²) in [4.78, 5) is 12.8. The molecule has 0 aliphatic heterocycles. The molecule has 7 nitrogen and oxygen atoms in total. The maximum Gasteiger partial charge on any atom is 0.261 e. The van der Waals surface area contributed by atoms with Gasteiger partial charge in [-0.2, -0.15) is 0 Å². The minimum Gasteiger partial charge on any atom is -0.490 e. The number of hydrogen-bond donors (Lipinski definition) is 3. The van der Waals surface area contributed by atoms with Crippen molar-refractivity contribution >= 4 is 60.6 Å². The Kier molecular flexibility index (Phi) is 10.3. The zero-order chi connectivity index (χ0) is 27.9. The second-order valence-electron chi connectivity index (χ2n) is 9.07. The number of sulfonamides is 1. The minimum absolute atomic E-state index is 0.0755. The van der Waals surface area contributed by atoms with E-state index >= 15 is 0 Å². The van der Waals surface area contributed by atoms with E-state index in [9.17, 15) is 13.2 Å². The molecule has 0 spiro atoms. The van der Waals surface area contributed by atoms with Crippen molar-refractivity contribution in [2.45, 2.75) is 58.0 Å². The Hall–Kier alpha value is -2.95. The van der Waals surface area contributed by atoms with Crippen molar-refractivity contribution < 1.29 is 17.9 Å². The standard InChI is InChI=1S/C28H32BrN3O4S2/c1-5-6-7-20(4)36-26-15-9-21(17-24(26)29)27(33)31-28(37)30-22-10-12-23(13-11-22)38(34,35)32-25-14-8-18(2)16-19(25)3/h8-17,20,32H,5-7H2,1-4H3,(H2,30,31,33,37). The normalized spacial score (nSPS) is 11.9. The Morgan fingerprint density at radius 2 is 1.76 bits per heavy atom. The van der Waals surface area contributed by atoms with Gasteiger partial charge in [0.15, 0.2) is 5.11 Å². The largest absolute Gasteiger partial charge is 0.490 e. The predicted octanol–water partition coefficient (Wildman–Crippen LogP) is 6.95. The lowest BCUT2D eigenvalue weighted by Crippen LogP contribution is -2.34. The van der Waals surface area contributed by atoms with Gasteiger partial charge in [0, 0.05) is 11.3 Å². The van der Waals surface area contributed by atoms with Crippen molar-refractivity contribution in [1.82, 2.24) is 5.32 Å². The first-order valence-electron chi connectivity index (χ1n) is 12.3. The molecule has 202 valence electrons. The first kappa shape index (κ1) is 29.6. The van der Waals surface area contributed by atoms with Crippen LogP contribution in [0.2, 0.25) is 0 Å². The van der Waals surface area contributed by atoms with Gasteiger partial charge < -0.3 is 10.1 Å². The number of nitrogens with one attached hydrogen (secondary N) is 3. The van der Waals surface area contributed by atoms with Gasteiger partial charge in [-0.3, -0.25) is 14.8 Å². The number of aryl methyl sites for hydroxylation is 2. The van der Waals surface area contributed by atoms with Gasteiger partial charge in [0.25, 0.3) is 15.9 Å². The number of hydrogen-bond acceptors (Lipinski definition) is 5. The molecule has 0 saturated heterocycles. The van der Waals surface area contributed by atoms with Crippen LogP contribution >= 0.6 is 28.1 Å². The number of halogens is 1. The Morgan fingerprint density at radius 1 is 1.05 bits per heavy atom. The average molecular weight is 619 g/mol. The van der Waals surface area contributed by atoms with E-state index in [4.69, 9.17) is 17.0 Å². The highest BCUT2D eigenvalue weighted by Crippen LogP contribution is 2.28. The molecule has 0 bridgehead atoms. The van der Waals surface area contributed by atoms with Crippen LogP contribution in [0.25, 0.3) is 0 Å². The molecule has 3 rings (SSSR count). The molecule has 0 radical (unpaired) electrons. The van der Waals surface area contributed by atoms with Gasteiger partial charge in [-0.05, 0) is 109 Å². The molecule has 0 aliphatic carbocycles. The average Bonchev–Trinajstić information content (AvgIpc) is 2.86. The molecule has 0 fully saturated rings. The van der Waals surface area contributed by atoms with Gasteiger partial charge in [-0.15, -0.1) is 0 Å². The fourth-order valence-electron chi connectivity index (χ4n) is 3.69. The van der Waals surface area contributed by atoms with Crippen LogP contribution in [-0.4, -0.2) is 25.5 Å². The summed E-state index contributed by atoms with van der Waals surface area (Å²) in [5, 5.41) is 5.63. The molecule has 1 unspecified atom stereocenters. The van der Waals surface area contributed by atoms with Gasteiger partial charge in [-0.25, -0.2) is 8.42 Å². The number of anilines is 2. The summed E-state index contributed by atoms with van der Waals surface area (Å²) in [6.07, 6.45) is 3.23. The van der Waals surface area contributed by atoms with Crippen molar-refractivity contribution in [2.75, 3.05) is 10.0 Å². The van der Waals surface area contributed by atoms with Gasteiger partial charge in [0.1, 0.15) is 5.75 Å². The van der Waals surface area contributed by atoms with Crippen molar-refractivity contribution in [1.29, 1.82) is 0 Å². The molecule has 1 amide bonds. The van der Waals surface area contributed by atoms with E-state index in [0.29, 0.717) is 27.2 Å². The zero-order valence-electron chi connectivity index (χ0n) is 21.8. The number of unbranched alkanes of at least 4 members (excludes halogenated alkanes) is 1. The van der Waals surface area contributed by atoms with Crippen molar-refractivity contribution in [3.63, 3.8) is 0 Å². The SMILES string of the molecule is CCCCC(C)Oc1ccc(C(=O)NC(=S)Nc2ccc(S(=O)(=O)Nc3ccc(C)cc3C)cc2)cc1Br. The van der Waals surface area contributed by atoms with Crippen LogP contribution in [0.1, 0.15) is 54.6 Å². The first-order valence-corrected chi connectivity index (χ1v) is 15.0. The fraction of sp³-hybridized carbons (Fsp3) is 0.286. The minimum atomic E-state index is -3.76. The van der Waals surface area contributed by atoms with Gasteiger partial charge in [-0.1, -0.05) is 37.5 Å². The number of carbonyl (C=O) groups excluding carboxylic acids is 1. The van der Waals surface area contributed by atoms with Crippen LogP contribution in [0.3, 0.4) is 0 Å². The smallest absolute Gasteiger partial charge is 0.261 e. The zero-order valence-corrected chi connectivity index (χ0v) is 25.0. The van der Waals surface area contributed by atoms with E-state index in [0.717, 1.165) is 30.4 Å². The van der Waals surface area contributed by atoms with Crippen molar-refractivity contribution in [3.05, 3.63) is 81.8 Å². The third-order valence-electron chi connectivity index (χ3n) is 5.76. The molecule has 3 N–H and O–H groups in total. The number of ether oxygens (including phenoxy) is 1. The monoisotopic (exact) mass is 617 g/mol. The summed E-state index contributed by atoms with van der Waals surface area (Å²) in [5.41, 5.74) is 3.36. The van der Waals surface area contributed by atoms with Crippen LogP contribution in [0.4, 0.5) is 11.4 Å². The van der Waals surface area contributed by atoms with E-state index in [1.54, 1.807) is 36.4 Å². The van der Waals surface area contributed by atoms with Gasteiger partial charge in [0.05, 0.1) is 21.2 Å². The Morgan fingerprint density at radius 3 is 2.39 bits per heavy atom. The Labute approximate surface area is 238 Å². The number of rotatable bonds is 10. The lowest BCUT2D eigenvalue weighted by atomic mass is 10.1. The highest BCUT2D eigenvalue weighted by atomic mass is 79.9. The quantitative estimate of drug-likeness (QED) is 0.213. The molecule has 0 aromatic heterocycles. The number of benzene rings is 3. The summed E-state index contributed by atoms with van der Waals surface area (Å²) in [6, 6.07) is 16.7. The lowest BCUT2D eigenvalue weighted by Gasteiger charge is -2.16. The second kappa shape index (κ2) is 13.2. The van der Waals surface area contributed by atoms with E-state index in [-0.39, 0.29) is 22.0 Å². The predicted molar refractivity (Wildman–Crippen MR) is 161 cm³/mol. The fourth-order valence-corrected chi connectivity index (χ4v) is 5.51. The molecule has 0 aliphatic rings. The third kappa shape index (κ3) is 8.28. The van der Waals surface area contributed by atoms with Crippen LogP contribution in [0, 0.1) is 13.8 Å². The molecule has 3 aromatic rings. The van der Waals surface area contributed by atoms with Gasteiger partial charge in [0.2, 0.25) is 0 Å². The molecule has 1 atom stereocenters. The maximum absolute atomic E-state index is 12.8. The molecule has 0 saturated carbocycles. The number of amides is 1. The number of thiocarbonyl (C=S) groups is 1. The molecule has 38 heavy (non-hydrogen) atoms. The van der Waals surface area contributed by atoms with Crippen molar-refractivity contribution in [3.8, 4) is 5.75 Å². The molecule has 10 heteroatoms. The summed E-state index contributed by atoms with van der Waals surface area (Å²) >= 11 is 8.75. The molecule has 3 aromatic carbocycles. The lowest BCUT2D eigenvalue weighted by molar-refractivity contribution is 0.0977. The molecule has 0 heterocycles. The van der Waals surface area contributed by atoms with Crippen LogP contribution in [-0.2, 0) is 10.0 Å². The topological polar surface area (TPSA) is 96.5 Å². The Balaban J connectivity index is 1.58. The highest BCUT2D eigenvalue weighted by molar-refractivity contribution is 9.10. The summed E-state index contributed by atoms with van der Waals surface area (Å²) in [7, 11) is -3.76. The Bertz CT molecular complexity index is 1410. The van der Waals surface area contributed by atoms with Crippen LogP contribution < -0.4 is 20.1 Å². The van der Waals surface area contributed by atoms with Gasteiger partial charge >= 0.3 is 0 Å². The van der Waals surface area contributed by atoms with E-state index in [2.05, 4.69) is 38.2 Å². The molecular weight excluding hydrogens is 586 g/mol. The van der Waals surface area contributed by atoms with Crippen molar-refractivity contribution in [2.24, 2.45) is 0 Å². The van der Waals surface area contributed by atoms with E-state index in [1.165, 1.54) is 12.1 Å². The highest BCUT2D eigenvalue weighted by Gasteiger charge is 2.16. The third-order valence-corrected chi connectivity index (χ3v) is 7.97.